The molecule has 2 aliphatic heterocycles. The number of benzene rings is 2. The molecule has 180 valence electrons. The quantitative estimate of drug-likeness (QED) is 0.654. The van der Waals surface area contributed by atoms with Gasteiger partial charge in [-0.15, -0.1) is 0 Å². The summed E-state index contributed by atoms with van der Waals surface area (Å²) in [7, 11) is -2.17. The van der Waals surface area contributed by atoms with Crippen LogP contribution in [0, 0.1) is 5.92 Å². The number of aliphatic imine (C=N–C) groups is 1. The Labute approximate surface area is 199 Å². The summed E-state index contributed by atoms with van der Waals surface area (Å²) in [5.41, 5.74) is 1.55. The molecule has 1 fully saturated rings. The highest BCUT2D eigenvalue weighted by Gasteiger charge is 2.33. The molecule has 0 unspecified atom stereocenters. The summed E-state index contributed by atoms with van der Waals surface area (Å²) in [4.78, 5) is 32.0. The molecular formula is C24H28N4O5S. The number of nitrogens with one attached hydrogen (secondary N) is 2. The van der Waals surface area contributed by atoms with Gasteiger partial charge in [-0.2, -0.15) is 0 Å². The number of hydrogen-bond acceptors (Lipinski definition) is 6. The van der Waals surface area contributed by atoms with Crippen molar-refractivity contribution in [1.29, 1.82) is 0 Å². The highest BCUT2D eigenvalue weighted by Crippen LogP contribution is 2.34. The molecule has 2 aromatic rings. The molecule has 9 nitrogen and oxygen atoms in total. The van der Waals surface area contributed by atoms with E-state index in [2.05, 4.69) is 15.0 Å². The first kappa shape index (κ1) is 23.7. The second-order valence-electron chi connectivity index (χ2n) is 8.65. The second kappa shape index (κ2) is 9.46. The number of fused-ring (bicyclic) bond motifs is 1. The van der Waals surface area contributed by atoms with Gasteiger partial charge in [0, 0.05) is 24.2 Å². The fourth-order valence-electron chi connectivity index (χ4n) is 4.13. The average Bonchev–Trinajstić information content (AvgIpc) is 3.07. The third-order valence-electron chi connectivity index (χ3n) is 5.89. The molecular weight excluding hydrogens is 456 g/mol. The van der Waals surface area contributed by atoms with Crippen LogP contribution in [0.4, 0.5) is 11.4 Å². The predicted molar refractivity (Wildman–Crippen MR) is 130 cm³/mol. The van der Waals surface area contributed by atoms with Gasteiger partial charge >= 0.3 is 0 Å². The van der Waals surface area contributed by atoms with E-state index < -0.39 is 16.1 Å². The summed E-state index contributed by atoms with van der Waals surface area (Å²) < 4.78 is 32.7. The maximum absolute atomic E-state index is 13.2. The Hall–Kier alpha value is -3.40. The van der Waals surface area contributed by atoms with Gasteiger partial charge in [-0.25, -0.2) is 8.42 Å². The SMILES string of the molecule is COc1ccc(NC(=O)[C@@H](N=C2NS(=O)(=O)c3ccccc32)C(C)C)cc1N1CCCCC1=O. The van der Waals surface area contributed by atoms with Gasteiger partial charge in [0.2, 0.25) is 11.8 Å². The van der Waals surface area contributed by atoms with Crippen LogP contribution in [-0.4, -0.2) is 45.8 Å². The van der Waals surface area contributed by atoms with Crippen molar-refractivity contribution in [3.05, 3.63) is 48.0 Å². The van der Waals surface area contributed by atoms with Crippen LogP contribution >= 0.6 is 0 Å². The van der Waals surface area contributed by atoms with E-state index in [9.17, 15) is 18.0 Å². The highest BCUT2D eigenvalue weighted by molar-refractivity contribution is 7.90. The lowest BCUT2D eigenvalue weighted by Crippen LogP contribution is -2.36. The van der Waals surface area contributed by atoms with Crippen LogP contribution < -0.4 is 19.7 Å². The van der Waals surface area contributed by atoms with Gasteiger partial charge < -0.3 is 15.0 Å². The Morgan fingerprint density at radius 3 is 2.65 bits per heavy atom. The van der Waals surface area contributed by atoms with E-state index in [0.717, 1.165) is 12.8 Å². The number of sulfonamides is 1. The lowest BCUT2D eigenvalue weighted by Gasteiger charge is -2.28. The van der Waals surface area contributed by atoms with Crippen LogP contribution in [0.5, 0.6) is 5.75 Å². The maximum Gasteiger partial charge on any atom is 0.263 e. The first-order chi connectivity index (χ1) is 16.2. The maximum atomic E-state index is 13.2. The number of methoxy groups -OCH3 is 1. The molecule has 2 aromatic carbocycles. The molecule has 0 aliphatic carbocycles. The lowest BCUT2D eigenvalue weighted by molar-refractivity contribution is -0.119. The Bertz CT molecular complexity index is 1260. The number of hydrogen-bond donors (Lipinski definition) is 2. The lowest BCUT2D eigenvalue weighted by atomic mass is 10.0. The molecule has 2 heterocycles. The van der Waals surface area contributed by atoms with Crippen molar-refractivity contribution in [3.63, 3.8) is 0 Å². The van der Waals surface area contributed by atoms with Crippen molar-refractivity contribution in [1.82, 2.24) is 4.72 Å². The van der Waals surface area contributed by atoms with Crippen molar-refractivity contribution >= 4 is 39.0 Å². The van der Waals surface area contributed by atoms with E-state index in [1.54, 1.807) is 41.3 Å². The number of amides is 2. The van der Waals surface area contributed by atoms with Crippen molar-refractivity contribution in [2.24, 2.45) is 10.9 Å². The Kier molecular flexibility index (Phi) is 6.60. The molecule has 2 amide bonds. The number of rotatable bonds is 6. The van der Waals surface area contributed by atoms with Gasteiger partial charge in [0.15, 0.2) is 0 Å². The van der Waals surface area contributed by atoms with Crippen molar-refractivity contribution in [2.45, 2.75) is 44.0 Å². The summed E-state index contributed by atoms with van der Waals surface area (Å²) in [5.74, 6) is 0.134. The van der Waals surface area contributed by atoms with E-state index in [4.69, 9.17) is 4.74 Å². The number of carbonyl (C=O) groups is 2. The summed E-state index contributed by atoms with van der Waals surface area (Å²) in [5, 5.41) is 2.87. The molecule has 1 saturated heterocycles. The van der Waals surface area contributed by atoms with Gasteiger partial charge in [0.25, 0.3) is 10.0 Å². The van der Waals surface area contributed by atoms with E-state index in [1.807, 2.05) is 13.8 Å². The molecule has 0 saturated carbocycles. The molecule has 2 aliphatic rings. The normalized spacial score (nSPS) is 19.0. The minimum absolute atomic E-state index is 0.0201. The van der Waals surface area contributed by atoms with Crippen LogP contribution in [0.2, 0.25) is 0 Å². The third kappa shape index (κ3) is 4.63. The second-order valence-corrected chi connectivity index (χ2v) is 10.3. The fourth-order valence-corrected chi connectivity index (χ4v) is 5.37. The monoisotopic (exact) mass is 484 g/mol. The largest absolute Gasteiger partial charge is 0.495 e. The molecule has 10 heteroatoms. The van der Waals surface area contributed by atoms with Gasteiger partial charge in [-0.3, -0.25) is 19.3 Å². The van der Waals surface area contributed by atoms with Gasteiger partial charge in [0.1, 0.15) is 17.6 Å². The summed E-state index contributed by atoms with van der Waals surface area (Å²) in [6.07, 6.45) is 2.23. The molecule has 4 rings (SSSR count). The number of piperidine rings is 1. The van der Waals surface area contributed by atoms with Crippen LogP contribution in [-0.2, 0) is 19.6 Å². The van der Waals surface area contributed by atoms with Gasteiger partial charge in [-0.1, -0.05) is 26.0 Å². The molecule has 0 spiro atoms. The molecule has 0 bridgehead atoms. The van der Waals surface area contributed by atoms with Crippen LogP contribution in [0.15, 0.2) is 52.4 Å². The summed E-state index contributed by atoms with van der Waals surface area (Å²) in [6.45, 7) is 4.28. The number of amidine groups is 1. The zero-order valence-corrected chi connectivity index (χ0v) is 20.2. The minimum atomic E-state index is -3.71. The number of ether oxygens (including phenoxy) is 1. The standard InChI is InChI=1S/C24H28N4O5S/c1-15(2)22(26-23-17-8-4-5-9-20(17)34(31,32)27-23)24(30)25-16-11-12-19(33-3)18(14-16)28-13-7-6-10-21(28)29/h4-5,8-9,11-12,14-15,22H,6-7,10,13H2,1-3H3,(H,25,30)(H,26,27)/t22-/m0/s1. The van der Waals surface area contributed by atoms with E-state index in [0.29, 0.717) is 35.7 Å². The zero-order valence-electron chi connectivity index (χ0n) is 19.4. The predicted octanol–water partition coefficient (Wildman–Crippen LogP) is 2.91. The molecule has 2 N–H and O–H groups in total. The summed E-state index contributed by atoms with van der Waals surface area (Å²) >= 11 is 0. The minimum Gasteiger partial charge on any atom is -0.495 e. The molecule has 0 aromatic heterocycles. The first-order valence-corrected chi connectivity index (χ1v) is 12.7. The van der Waals surface area contributed by atoms with E-state index in [-0.39, 0.29) is 28.5 Å². The summed E-state index contributed by atoms with van der Waals surface area (Å²) in [6, 6.07) is 10.8. The highest BCUT2D eigenvalue weighted by atomic mass is 32.2. The van der Waals surface area contributed by atoms with Gasteiger partial charge in [-0.05, 0) is 49.1 Å². The number of nitrogens with zero attached hydrogens (tertiary/aromatic N) is 2. The number of carbonyl (C=O) groups excluding carboxylic acids is 2. The van der Waals surface area contributed by atoms with Crippen LogP contribution in [0.25, 0.3) is 0 Å². The zero-order chi connectivity index (χ0) is 24.5. The van der Waals surface area contributed by atoms with Crippen molar-refractivity contribution in [3.8, 4) is 5.75 Å². The van der Waals surface area contributed by atoms with Crippen molar-refractivity contribution < 1.29 is 22.7 Å². The molecule has 0 radical (unpaired) electrons. The van der Waals surface area contributed by atoms with Crippen molar-refractivity contribution in [2.75, 3.05) is 23.9 Å². The Morgan fingerprint density at radius 2 is 1.94 bits per heavy atom. The van der Waals surface area contributed by atoms with Crippen LogP contribution in [0.3, 0.4) is 0 Å². The smallest absolute Gasteiger partial charge is 0.263 e. The van der Waals surface area contributed by atoms with E-state index in [1.165, 1.54) is 13.2 Å². The Balaban J connectivity index is 1.62. The molecule has 1 atom stereocenters. The average molecular weight is 485 g/mol. The first-order valence-electron chi connectivity index (χ1n) is 11.2. The number of anilines is 2. The fraction of sp³-hybridized carbons (Fsp3) is 0.375. The topological polar surface area (TPSA) is 117 Å². The van der Waals surface area contributed by atoms with Crippen LogP contribution in [0.1, 0.15) is 38.7 Å². The third-order valence-corrected chi connectivity index (χ3v) is 7.29. The Morgan fingerprint density at radius 1 is 1.18 bits per heavy atom. The molecule has 34 heavy (non-hydrogen) atoms. The van der Waals surface area contributed by atoms with Gasteiger partial charge in [0.05, 0.1) is 17.7 Å². The van der Waals surface area contributed by atoms with E-state index >= 15 is 0 Å².